The average Bonchev–Trinajstić information content (AvgIpc) is 3.09. The van der Waals surface area contributed by atoms with E-state index in [0.717, 1.165) is 12.5 Å². The quantitative estimate of drug-likeness (QED) is 0.364. The molecule has 0 amide bonds. The van der Waals surface area contributed by atoms with Gasteiger partial charge < -0.3 is 15.2 Å². The molecule has 0 aliphatic carbocycles. The normalized spacial score (nSPS) is 14.2. The Morgan fingerprint density at radius 3 is 2.41 bits per heavy atom. The van der Waals surface area contributed by atoms with Crippen LogP contribution in [0.5, 0.6) is 0 Å². The Hall–Kier alpha value is -1.64. The van der Waals surface area contributed by atoms with Crippen molar-refractivity contribution in [1.82, 2.24) is 20.8 Å². The molecule has 0 saturated carbocycles. The molecule has 1 heterocycles. The minimum atomic E-state index is -0.155. The Bertz CT molecular complexity index is 709. The maximum absolute atomic E-state index is 5.33. The van der Waals surface area contributed by atoms with Gasteiger partial charge in [0.05, 0.1) is 0 Å². The molecule has 150 valence electrons. The van der Waals surface area contributed by atoms with E-state index in [-0.39, 0.29) is 35.4 Å². The molecule has 0 radical (unpaired) electrons. The van der Waals surface area contributed by atoms with E-state index in [0.29, 0.717) is 24.2 Å². The maximum atomic E-state index is 5.33. The Morgan fingerprint density at radius 2 is 1.85 bits per heavy atom. The average molecular weight is 485 g/mol. The van der Waals surface area contributed by atoms with E-state index in [1.54, 1.807) is 0 Å². The van der Waals surface area contributed by atoms with Crippen LogP contribution >= 0.6 is 24.0 Å². The summed E-state index contributed by atoms with van der Waals surface area (Å²) >= 11 is 0. The van der Waals surface area contributed by atoms with Crippen LogP contribution in [0.15, 0.2) is 39.8 Å². The monoisotopic (exact) mass is 485 g/mol. The van der Waals surface area contributed by atoms with Crippen molar-refractivity contribution < 1.29 is 4.52 Å². The Kier molecular flexibility index (Phi) is 9.21. The highest BCUT2D eigenvalue weighted by molar-refractivity contribution is 14.0. The van der Waals surface area contributed by atoms with Gasteiger partial charge in [0.15, 0.2) is 11.8 Å². The third-order valence-electron chi connectivity index (χ3n) is 4.27. The topological polar surface area (TPSA) is 75.3 Å². The molecule has 0 bridgehead atoms. The number of rotatable bonds is 6. The van der Waals surface area contributed by atoms with Crippen molar-refractivity contribution in [3.05, 3.63) is 47.6 Å². The molecule has 2 aromatic rings. The number of nitrogens with zero attached hydrogens (tertiary/aromatic N) is 3. The van der Waals surface area contributed by atoms with Crippen LogP contribution < -0.4 is 10.6 Å². The van der Waals surface area contributed by atoms with Gasteiger partial charge in [-0.15, -0.1) is 24.0 Å². The van der Waals surface area contributed by atoms with Crippen molar-refractivity contribution >= 4 is 29.9 Å². The van der Waals surface area contributed by atoms with Crippen molar-refractivity contribution in [1.29, 1.82) is 0 Å². The van der Waals surface area contributed by atoms with Gasteiger partial charge in [0.2, 0.25) is 5.89 Å². The Morgan fingerprint density at radius 1 is 1.19 bits per heavy atom. The zero-order valence-corrected chi connectivity index (χ0v) is 19.4. The van der Waals surface area contributed by atoms with Gasteiger partial charge in [0.1, 0.15) is 6.54 Å². The summed E-state index contributed by atoms with van der Waals surface area (Å²) in [6.07, 6.45) is 0. The van der Waals surface area contributed by atoms with Crippen molar-refractivity contribution in [2.24, 2.45) is 4.99 Å². The predicted octanol–water partition coefficient (Wildman–Crippen LogP) is 4.23. The second kappa shape index (κ2) is 10.6. The smallest absolute Gasteiger partial charge is 0.232 e. The van der Waals surface area contributed by atoms with Crippen molar-refractivity contribution in [3.63, 3.8) is 0 Å². The fourth-order valence-corrected chi connectivity index (χ4v) is 2.48. The maximum Gasteiger partial charge on any atom is 0.232 e. The molecule has 0 aliphatic heterocycles. The Balaban J connectivity index is 0.00000364. The molecule has 27 heavy (non-hydrogen) atoms. The molecule has 2 rings (SSSR count). The van der Waals surface area contributed by atoms with Crippen molar-refractivity contribution in [3.8, 4) is 0 Å². The highest BCUT2D eigenvalue weighted by Crippen LogP contribution is 2.20. The zero-order valence-electron chi connectivity index (χ0n) is 17.1. The van der Waals surface area contributed by atoms with Gasteiger partial charge in [0.25, 0.3) is 0 Å². The summed E-state index contributed by atoms with van der Waals surface area (Å²) in [4.78, 5) is 9.04. The summed E-state index contributed by atoms with van der Waals surface area (Å²) in [5.41, 5.74) is 1.15. The van der Waals surface area contributed by atoms with E-state index >= 15 is 0 Å². The van der Waals surface area contributed by atoms with Gasteiger partial charge in [0, 0.05) is 23.9 Å². The predicted molar refractivity (Wildman–Crippen MR) is 121 cm³/mol. The minimum absolute atomic E-state index is 0. The number of aromatic nitrogens is 2. The molecule has 2 N–H and O–H groups in total. The van der Waals surface area contributed by atoms with E-state index in [1.165, 1.54) is 5.56 Å². The molecule has 0 spiro atoms. The van der Waals surface area contributed by atoms with Gasteiger partial charge in [-0.25, -0.2) is 4.99 Å². The number of hydrogen-bond donors (Lipinski definition) is 2. The number of benzene rings is 1. The molecule has 6 nitrogen and oxygen atoms in total. The molecule has 0 fully saturated rings. The summed E-state index contributed by atoms with van der Waals surface area (Å²) < 4.78 is 5.33. The second-order valence-electron chi connectivity index (χ2n) is 7.59. The van der Waals surface area contributed by atoms with Crippen LogP contribution in [-0.2, 0) is 12.0 Å². The molecule has 2 atom stereocenters. The molecule has 0 aliphatic rings. The third-order valence-corrected chi connectivity index (χ3v) is 4.27. The van der Waals surface area contributed by atoms with Crippen molar-refractivity contribution in [2.45, 2.75) is 65.5 Å². The highest BCUT2D eigenvalue weighted by Gasteiger charge is 2.21. The largest absolute Gasteiger partial charge is 0.357 e. The van der Waals surface area contributed by atoms with E-state index in [9.17, 15) is 0 Å². The second-order valence-corrected chi connectivity index (χ2v) is 7.59. The first-order chi connectivity index (χ1) is 12.3. The van der Waals surface area contributed by atoms with Gasteiger partial charge >= 0.3 is 0 Å². The molecule has 0 saturated heterocycles. The molecule has 2 unspecified atom stereocenters. The van der Waals surface area contributed by atoms with Gasteiger partial charge in [-0.3, -0.25) is 0 Å². The summed E-state index contributed by atoms with van der Waals surface area (Å²) in [6, 6.07) is 10.7. The molecule has 1 aromatic heterocycles. The van der Waals surface area contributed by atoms with E-state index in [4.69, 9.17) is 4.52 Å². The minimum Gasteiger partial charge on any atom is -0.357 e. The van der Waals surface area contributed by atoms with Crippen molar-refractivity contribution in [2.75, 3.05) is 6.54 Å². The van der Waals surface area contributed by atoms with Gasteiger partial charge in [-0.1, -0.05) is 63.2 Å². The molecular formula is C20H32IN5O. The van der Waals surface area contributed by atoms with Gasteiger partial charge in [-0.2, -0.15) is 4.98 Å². The van der Waals surface area contributed by atoms with Gasteiger partial charge in [-0.05, 0) is 19.4 Å². The van der Waals surface area contributed by atoms with Crippen LogP contribution in [0.2, 0.25) is 0 Å². The molecule has 1 aromatic carbocycles. The fourth-order valence-electron chi connectivity index (χ4n) is 2.48. The Labute approximate surface area is 179 Å². The zero-order chi connectivity index (χ0) is 19.2. The van der Waals surface area contributed by atoms with Crippen LogP contribution in [0.4, 0.5) is 0 Å². The first kappa shape index (κ1) is 23.4. The lowest BCUT2D eigenvalue weighted by Crippen LogP contribution is -2.44. The number of guanidine groups is 1. The lowest BCUT2D eigenvalue weighted by molar-refractivity contribution is 0.318. The van der Waals surface area contributed by atoms with Crippen LogP contribution in [0.1, 0.15) is 64.7 Å². The van der Waals surface area contributed by atoms with E-state index in [1.807, 2.05) is 26.8 Å². The van der Waals surface area contributed by atoms with Crippen LogP contribution in [0, 0.1) is 0 Å². The molecular weight excluding hydrogens is 453 g/mol. The SMILES string of the molecule is CCNC(=NCc1noc(C(C)(C)C)n1)NC(C)C(C)c1ccccc1.I. The number of halogens is 1. The number of hydrogen-bond acceptors (Lipinski definition) is 4. The third kappa shape index (κ3) is 7.12. The van der Waals surface area contributed by atoms with Crippen LogP contribution in [0.25, 0.3) is 0 Å². The lowest BCUT2D eigenvalue weighted by atomic mass is 9.94. The molecule has 7 heteroatoms. The lowest BCUT2D eigenvalue weighted by Gasteiger charge is -2.24. The fraction of sp³-hybridized carbons (Fsp3) is 0.550. The van der Waals surface area contributed by atoms with E-state index < -0.39 is 0 Å². The van der Waals surface area contributed by atoms with E-state index in [2.05, 4.69) is 70.8 Å². The summed E-state index contributed by atoms with van der Waals surface area (Å²) in [7, 11) is 0. The summed E-state index contributed by atoms with van der Waals surface area (Å²) in [6.45, 7) is 13.7. The van der Waals surface area contributed by atoms with Crippen LogP contribution in [-0.4, -0.2) is 28.7 Å². The van der Waals surface area contributed by atoms with Crippen LogP contribution in [0.3, 0.4) is 0 Å². The number of nitrogens with one attached hydrogen (secondary N) is 2. The number of aliphatic imine (C=N–C) groups is 1. The highest BCUT2D eigenvalue weighted by atomic mass is 127. The summed E-state index contributed by atoms with van der Waals surface area (Å²) in [5, 5.41) is 10.8. The first-order valence-corrected chi connectivity index (χ1v) is 9.24. The first-order valence-electron chi connectivity index (χ1n) is 9.24. The summed E-state index contributed by atoms with van der Waals surface area (Å²) in [5.74, 6) is 2.34. The standard InChI is InChI=1S/C20H31N5O.HI/c1-7-21-19(22-13-17-24-18(26-25-17)20(4,5)6)23-15(3)14(2)16-11-9-8-10-12-16;/h8-12,14-15H,7,13H2,1-6H3,(H2,21,22,23);1H.